The molecule has 2 aromatic heterocycles. The largest absolute Gasteiger partial charge is 0.346 e. The van der Waals surface area contributed by atoms with Gasteiger partial charge in [0.2, 0.25) is 0 Å². The summed E-state index contributed by atoms with van der Waals surface area (Å²) in [4.78, 5) is 16.0. The highest BCUT2D eigenvalue weighted by Gasteiger charge is 2.10. The van der Waals surface area contributed by atoms with Crippen LogP contribution in [0.4, 0.5) is 4.39 Å². The molecule has 0 saturated carbocycles. The van der Waals surface area contributed by atoms with E-state index in [4.69, 9.17) is 0 Å². The van der Waals surface area contributed by atoms with Crippen molar-refractivity contribution in [1.82, 2.24) is 20.1 Å². The Labute approximate surface area is 132 Å². The number of halogens is 1. The standard InChI is InChI=1S/C17H15FN4O/c1-22-16(12-6-8-19-9-7-12)10-15(21-22)11-20-17(23)13-2-4-14(18)5-3-13/h2-10H,11H2,1H3,(H,20,23). The van der Waals surface area contributed by atoms with Gasteiger partial charge in [0, 0.05) is 30.6 Å². The second kappa shape index (κ2) is 6.39. The fourth-order valence-corrected chi connectivity index (χ4v) is 2.28. The van der Waals surface area contributed by atoms with Gasteiger partial charge >= 0.3 is 0 Å². The maximum atomic E-state index is 12.9. The number of pyridine rings is 1. The average Bonchev–Trinajstić information content (AvgIpc) is 2.95. The third kappa shape index (κ3) is 3.42. The number of aromatic nitrogens is 3. The van der Waals surface area contributed by atoms with Crippen molar-refractivity contribution in [2.75, 3.05) is 0 Å². The summed E-state index contributed by atoms with van der Waals surface area (Å²) in [5.74, 6) is -0.630. The summed E-state index contributed by atoms with van der Waals surface area (Å²) in [6, 6.07) is 11.1. The van der Waals surface area contributed by atoms with Crippen molar-refractivity contribution in [3.8, 4) is 11.3 Å². The van der Waals surface area contributed by atoms with Crippen molar-refractivity contribution in [2.24, 2.45) is 7.05 Å². The molecule has 2 heterocycles. The number of nitrogens with one attached hydrogen (secondary N) is 1. The lowest BCUT2D eigenvalue weighted by Crippen LogP contribution is -2.23. The highest BCUT2D eigenvalue weighted by Crippen LogP contribution is 2.18. The molecule has 5 nitrogen and oxygen atoms in total. The van der Waals surface area contributed by atoms with Crippen LogP contribution in [0.2, 0.25) is 0 Å². The fraction of sp³-hybridized carbons (Fsp3) is 0.118. The van der Waals surface area contributed by atoms with E-state index in [2.05, 4.69) is 15.4 Å². The maximum absolute atomic E-state index is 12.9. The first-order valence-electron chi connectivity index (χ1n) is 7.10. The first kappa shape index (κ1) is 14.9. The lowest BCUT2D eigenvalue weighted by molar-refractivity contribution is 0.0950. The minimum absolute atomic E-state index is 0.263. The number of carbonyl (C=O) groups excluding carboxylic acids is 1. The van der Waals surface area contributed by atoms with E-state index in [9.17, 15) is 9.18 Å². The Kier molecular flexibility index (Phi) is 4.14. The number of nitrogens with zero attached hydrogens (tertiary/aromatic N) is 3. The van der Waals surface area contributed by atoms with Crippen molar-refractivity contribution < 1.29 is 9.18 Å². The van der Waals surface area contributed by atoms with Crippen LogP contribution >= 0.6 is 0 Å². The van der Waals surface area contributed by atoms with E-state index in [1.807, 2.05) is 25.2 Å². The Morgan fingerprint density at radius 1 is 1.17 bits per heavy atom. The van der Waals surface area contributed by atoms with Gasteiger partial charge in [-0.2, -0.15) is 5.10 Å². The highest BCUT2D eigenvalue weighted by molar-refractivity contribution is 5.94. The number of rotatable bonds is 4. The van der Waals surface area contributed by atoms with E-state index in [1.54, 1.807) is 17.1 Å². The van der Waals surface area contributed by atoms with Crippen molar-refractivity contribution in [3.63, 3.8) is 0 Å². The summed E-state index contributed by atoms with van der Waals surface area (Å²) >= 11 is 0. The molecule has 1 amide bonds. The molecular weight excluding hydrogens is 295 g/mol. The number of amides is 1. The minimum atomic E-state index is -0.367. The Bertz CT molecular complexity index is 812. The second-order valence-electron chi connectivity index (χ2n) is 5.07. The molecule has 0 spiro atoms. The van der Waals surface area contributed by atoms with Crippen LogP contribution < -0.4 is 5.32 Å². The third-order valence-electron chi connectivity index (χ3n) is 3.44. The molecule has 3 aromatic rings. The lowest BCUT2D eigenvalue weighted by atomic mass is 10.2. The summed E-state index contributed by atoms with van der Waals surface area (Å²) in [6.45, 7) is 0.301. The summed E-state index contributed by atoms with van der Waals surface area (Å²) in [5, 5.41) is 7.17. The molecule has 0 unspecified atom stereocenters. The van der Waals surface area contributed by atoms with Crippen LogP contribution in [0, 0.1) is 5.82 Å². The number of aryl methyl sites for hydroxylation is 1. The molecule has 0 radical (unpaired) electrons. The van der Waals surface area contributed by atoms with Crippen LogP contribution in [-0.4, -0.2) is 20.7 Å². The van der Waals surface area contributed by atoms with Gasteiger partial charge in [-0.25, -0.2) is 4.39 Å². The van der Waals surface area contributed by atoms with Crippen molar-refractivity contribution in [2.45, 2.75) is 6.54 Å². The van der Waals surface area contributed by atoms with Crippen molar-refractivity contribution in [1.29, 1.82) is 0 Å². The molecule has 0 saturated heterocycles. The summed E-state index contributed by atoms with van der Waals surface area (Å²) in [7, 11) is 1.85. The number of benzene rings is 1. The molecule has 6 heteroatoms. The quantitative estimate of drug-likeness (QED) is 0.805. The Balaban J connectivity index is 1.69. The monoisotopic (exact) mass is 310 g/mol. The zero-order chi connectivity index (χ0) is 16.2. The van der Waals surface area contributed by atoms with Gasteiger partial charge in [-0.05, 0) is 42.5 Å². The first-order valence-corrected chi connectivity index (χ1v) is 7.10. The van der Waals surface area contributed by atoms with Gasteiger partial charge in [-0.1, -0.05) is 0 Å². The van der Waals surface area contributed by atoms with Crippen LogP contribution in [-0.2, 0) is 13.6 Å². The first-order chi connectivity index (χ1) is 11.1. The molecule has 0 fully saturated rings. The van der Waals surface area contributed by atoms with Crippen LogP contribution in [0.15, 0.2) is 54.9 Å². The highest BCUT2D eigenvalue weighted by atomic mass is 19.1. The van der Waals surface area contributed by atoms with Gasteiger partial charge in [0.05, 0.1) is 17.9 Å². The molecular formula is C17H15FN4O. The molecule has 0 aliphatic rings. The SMILES string of the molecule is Cn1nc(CNC(=O)c2ccc(F)cc2)cc1-c1ccncc1. The van der Waals surface area contributed by atoms with Gasteiger partial charge in [0.25, 0.3) is 5.91 Å². The number of hydrogen-bond acceptors (Lipinski definition) is 3. The molecule has 0 aliphatic carbocycles. The predicted molar refractivity (Wildman–Crippen MR) is 84.0 cm³/mol. The number of hydrogen-bond donors (Lipinski definition) is 1. The summed E-state index contributed by atoms with van der Waals surface area (Å²) in [5.41, 5.74) is 3.11. The minimum Gasteiger partial charge on any atom is -0.346 e. The second-order valence-corrected chi connectivity index (χ2v) is 5.07. The van der Waals surface area contributed by atoms with Crippen molar-refractivity contribution in [3.05, 3.63) is 71.9 Å². The van der Waals surface area contributed by atoms with Crippen LogP contribution in [0.1, 0.15) is 16.1 Å². The van der Waals surface area contributed by atoms with E-state index >= 15 is 0 Å². The van der Waals surface area contributed by atoms with E-state index < -0.39 is 0 Å². The van der Waals surface area contributed by atoms with Gasteiger partial charge < -0.3 is 5.32 Å². The van der Waals surface area contributed by atoms with Gasteiger partial charge in [0.15, 0.2) is 0 Å². The molecule has 1 N–H and O–H groups in total. The van der Waals surface area contributed by atoms with Crippen LogP contribution in [0.5, 0.6) is 0 Å². The average molecular weight is 310 g/mol. The Morgan fingerprint density at radius 3 is 2.57 bits per heavy atom. The Hall–Kier alpha value is -3.02. The third-order valence-corrected chi connectivity index (χ3v) is 3.44. The summed E-state index contributed by atoms with van der Waals surface area (Å²) in [6.07, 6.45) is 3.44. The zero-order valence-electron chi connectivity index (χ0n) is 12.5. The summed E-state index contributed by atoms with van der Waals surface area (Å²) < 4.78 is 14.6. The van der Waals surface area contributed by atoms with Gasteiger partial charge in [0.1, 0.15) is 5.82 Å². The molecule has 0 bridgehead atoms. The smallest absolute Gasteiger partial charge is 0.251 e. The van der Waals surface area contributed by atoms with Crippen LogP contribution in [0.25, 0.3) is 11.3 Å². The van der Waals surface area contributed by atoms with Gasteiger partial charge in [-0.3, -0.25) is 14.5 Å². The van der Waals surface area contributed by atoms with Gasteiger partial charge in [-0.15, -0.1) is 0 Å². The lowest BCUT2D eigenvalue weighted by Gasteiger charge is -2.02. The Morgan fingerprint density at radius 2 is 1.87 bits per heavy atom. The number of carbonyl (C=O) groups is 1. The molecule has 0 aliphatic heterocycles. The molecule has 0 atom stereocenters. The molecule has 1 aromatic carbocycles. The zero-order valence-corrected chi connectivity index (χ0v) is 12.5. The van der Waals surface area contributed by atoms with E-state index in [0.29, 0.717) is 12.1 Å². The van der Waals surface area contributed by atoms with Crippen LogP contribution in [0.3, 0.4) is 0 Å². The molecule has 116 valence electrons. The molecule has 3 rings (SSSR count). The molecule has 23 heavy (non-hydrogen) atoms. The predicted octanol–water partition coefficient (Wildman–Crippen LogP) is 2.55. The van der Waals surface area contributed by atoms with Crippen molar-refractivity contribution >= 4 is 5.91 Å². The van der Waals surface area contributed by atoms with E-state index in [-0.39, 0.29) is 11.7 Å². The van der Waals surface area contributed by atoms with E-state index in [1.165, 1.54) is 24.3 Å². The van der Waals surface area contributed by atoms with E-state index in [0.717, 1.165) is 17.0 Å². The topological polar surface area (TPSA) is 59.8 Å². The fourth-order valence-electron chi connectivity index (χ4n) is 2.28. The maximum Gasteiger partial charge on any atom is 0.251 e. The normalized spacial score (nSPS) is 10.5.